The number of nitrogens with zero attached hydrogens (tertiary/aromatic N) is 2. The van der Waals surface area contributed by atoms with Crippen molar-refractivity contribution in [2.45, 2.75) is 13.5 Å². The minimum Gasteiger partial charge on any atom is -0.493 e. The summed E-state index contributed by atoms with van der Waals surface area (Å²) < 4.78 is 17.6. The Morgan fingerprint density at radius 1 is 1.07 bits per heavy atom. The molecule has 0 spiro atoms. The summed E-state index contributed by atoms with van der Waals surface area (Å²) in [5.74, 6) is 0.861. The van der Waals surface area contributed by atoms with E-state index in [1.807, 2.05) is 48.7 Å². The fourth-order valence-corrected chi connectivity index (χ4v) is 3.47. The molecule has 0 aliphatic rings. The first-order valence-electron chi connectivity index (χ1n) is 9.67. The van der Waals surface area contributed by atoms with Gasteiger partial charge in [-0.05, 0) is 36.8 Å². The second-order valence-corrected chi connectivity index (χ2v) is 6.73. The minimum absolute atomic E-state index is 0.294. The Balaban J connectivity index is 1.76. The third kappa shape index (κ3) is 3.61. The van der Waals surface area contributed by atoms with E-state index in [4.69, 9.17) is 19.3 Å². The largest absolute Gasteiger partial charge is 0.493 e. The van der Waals surface area contributed by atoms with Crippen molar-refractivity contribution in [3.05, 3.63) is 66.0 Å². The summed E-state index contributed by atoms with van der Waals surface area (Å²) in [6.45, 7) is 2.47. The Morgan fingerprint density at radius 3 is 2.63 bits per heavy atom. The number of rotatable bonds is 7. The maximum Gasteiger partial charge on any atom is 0.356 e. The van der Waals surface area contributed by atoms with Crippen molar-refractivity contribution in [3.8, 4) is 22.8 Å². The number of methoxy groups -OCH3 is 2. The molecule has 0 radical (unpaired) electrons. The van der Waals surface area contributed by atoms with Gasteiger partial charge in [-0.3, -0.25) is 4.68 Å². The molecule has 7 nitrogen and oxygen atoms in total. The van der Waals surface area contributed by atoms with Gasteiger partial charge in [0.25, 0.3) is 0 Å². The van der Waals surface area contributed by atoms with Crippen LogP contribution in [0.4, 0.5) is 0 Å². The molecule has 0 amide bonds. The highest BCUT2D eigenvalue weighted by atomic mass is 16.5. The maximum absolute atomic E-state index is 12.6. The zero-order chi connectivity index (χ0) is 21.1. The monoisotopic (exact) mass is 405 g/mol. The molecule has 0 atom stereocenters. The van der Waals surface area contributed by atoms with Crippen LogP contribution in [0.15, 0.2) is 54.7 Å². The molecule has 2 aromatic carbocycles. The molecule has 0 saturated heterocycles. The predicted octanol–water partition coefficient (Wildman–Crippen LogP) is 4.27. The number of H-pyrrole nitrogens is 1. The molecule has 0 aliphatic heterocycles. The van der Waals surface area contributed by atoms with Gasteiger partial charge in [-0.1, -0.05) is 24.3 Å². The molecule has 4 aromatic rings. The normalized spacial score (nSPS) is 10.9. The molecule has 0 fully saturated rings. The molecule has 0 saturated carbocycles. The fourth-order valence-electron chi connectivity index (χ4n) is 3.47. The fraction of sp³-hybridized carbons (Fsp3) is 0.217. The molecule has 4 rings (SSSR count). The van der Waals surface area contributed by atoms with Crippen LogP contribution in [0.3, 0.4) is 0 Å². The molecule has 1 N–H and O–H groups in total. The molecule has 0 unspecified atom stereocenters. The van der Waals surface area contributed by atoms with Crippen molar-refractivity contribution < 1.29 is 19.0 Å². The van der Waals surface area contributed by atoms with Crippen LogP contribution >= 0.6 is 0 Å². The zero-order valence-electron chi connectivity index (χ0n) is 17.1. The van der Waals surface area contributed by atoms with Gasteiger partial charge in [0.2, 0.25) is 0 Å². The van der Waals surface area contributed by atoms with Crippen LogP contribution in [0.5, 0.6) is 11.5 Å². The van der Waals surface area contributed by atoms with E-state index in [0.717, 1.165) is 22.0 Å². The second-order valence-electron chi connectivity index (χ2n) is 6.73. The first kappa shape index (κ1) is 19.6. The number of esters is 1. The first-order valence-corrected chi connectivity index (χ1v) is 9.67. The molecule has 2 aromatic heterocycles. The van der Waals surface area contributed by atoms with Crippen LogP contribution in [0.2, 0.25) is 0 Å². The molecule has 154 valence electrons. The summed E-state index contributed by atoms with van der Waals surface area (Å²) in [6.07, 6.45) is 1.91. The summed E-state index contributed by atoms with van der Waals surface area (Å²) >= 11 is 0. The number of nitrogens with one attached hydrogen (secondary N) is 1. The lowest BCUT2D eigenvalue weighted by Gasteiger charge is -2.11. The third-order valence-corrected chi connectivity index (χ3v) is 4.91. The minimum atomic E-state index is -0.406. The van der Waals surface area contributed by atoms with Gasteiger partial charge >= 0.3 is 5.97 Å². The highest BCUT2D eigenvalue weighted by molar-refractivity contribution is 5.96. The Bertz CT molecular complexity index is 1190. The van der Waals surface area contributed by atoms with Crippen LogP contribution in [-0.2, 0) is 11.3 Å². The predicted molar refractivity (Wildman–Crippen MR) is 114 cm³/mol. The maximum atomic E-state index is 12.6. The number of aromatic nitrogens is 3. The van der Waals surface area contributed by atoms with Crippen molar-refractivity contribution >= 4 is 16.9 Å². The molecule has 7 heteroatoms. The quantitative estimate of drug-likeness (QED) is 0.465. The summed E-state index contributed by atoms with van der Waals surface area (Å²) in [7, 11) is 3.19. The van der Waals surface area contributed by atoms with Crippen LogP contribution < -0.4 is 9.47 Å². The van der Waals surface area contributed by atoms with Crippen molar-refractivity contribution in [1.29, 1.82) is 0 Å². The van der Waals surface area contributed by atoms with Crippen LogP contribution in [-0.4, -0.2) is 41.6 Å². The van der Waals surface area contributed by atoms with Gasteiger partial charge in [0.15, 0.2) is 11.5 Å². The Labute approximate surface area is 174 Å². The highest BCUT2D eigenvalue weighted by Gasteiger charge is 2.19. The summed E-state index contributed by atoms with van der Waals surface area (Å²) in [5.41, 5.74) is 3.97. The number of para-hydroxylation sites is 1. The van der Waals surface area contributed by atoms with Gasteiger partial charge in [0.05, 0.1) is 33.1 Å². The topological polar surface area (TPSA) is 78.4 Å². The number of ether oxygens (including phenoxy) is 3. The number of hydrogen-bond acceptors (Lipinski definition) is 5. The van der Waals surface area contributed by atoms with E-state index in [2.05, 4.69) is 4.98 Å². The lowest BCUT2D eigenvalue weighted by atomic mass is 10.1. The molecular formula is C23H23N3O4. The lowest BCUT2D eigenvalue weighted by molar-refractivity contribution is 0.0512. The number of benzene rings is 2. The summed E-state index contributed by atoms with van der Waals surface area (Å²) in [4.78, 5) is 15.8. The molecular weight excluding hydrogens is 382 g/mol. The standard InChI is InChI=1S/C23H23N3O4/c1-4-30-23(27)20-12-19(17-13-24-18-8-6-5-7-16(17)18)25-26(20)14-15-9-10-21(28-2)22(11-15)29-3/h5-13,24H,4,14H2,1-3H3. The molecule has 30 heavy (non-hydrogen) atoms. The Kier molecular flexibility index (Phi) is 5.43. The van der Waals surface area contributed by atoms with E-state index in [0.29, 0.717) is 36.0 Å². The van der Waals surface area contributed by atoms with Gasteiger partial charge in [-0.15, -0.1) is 0 Å². The van der Waals surface area contributed by atoms with Gasteiger partial charge in [0, 0.05) is 22.7 Å². The van der Waals surface area contributed by atoms with Crippen molar-refractivity contribution in [1.82, 2.24) is 14.8 Å². The first-order chi connectivity index (χ1) is 14.6. The number of carbonyl (C=O) groups excluding carboxylic acids is 1. The average molecular weight is 405 g/mol. The number of hydrogen-bond donors (Lipinski definition) is 1. The number of carbonyl (C=O) groups is 1. The van der Waals surface area contributed by atoms with E-state index in [1.54, 1.807) is 31.9 Å². The summed E-state index contributed by atoms with van der Waals surface area (Å²) in [5, 5.41) is 5.77. The second kappa shape index (κ2) is 8.32. The van der Waals surface area contributed by atoms with Crippen molar-refractivity contribution in [2.75, 3.05) is 20.8 Å². The number of aromatic amines is 1. The average Bonchev–Trinajstić information content (AvgIpc) is 3.38. The lowest BCUT2D eigenvalue weighted by Crippen LogP contribution is -2.14. The van der Waals surface area contributed by atoms with E-state index >= 15 is 0 Å². The molecule has 0 bridgehead atoms. The van der Waals surface area contributed by atoms with Gasteiger partial charge in [-0.2, -0.15) is 5.10 Å². The van der Waals surface area contributed by atoms with E-state index in [-0.39, 0.29) is 0 Å². The number of fused-ring (bicyclic) bond motifs is 1. The zero-order valence-corrected chi connectivity index (χ0v) is 17.1. The van der Waals surface area contributed by atoms with Gasteiger partial charge < -0.3 is 19.2 Å². The van der Waals surface area contributed by atoms with Crippen molar-refractivity contribution in [2.24, 2.45) is 0 Å². The van der Waals surface area contributed by atoms with Crippen LogP contribution in [0.1, 0.15) is 23.0 Å². The third-order valence-electron chi connectivity index (χ3n) is 4.91. The van der Waals surface area contributed by atoms with Crippen molar-refractivity contribution in [3.63, 3.8) is 0 Å². The summed E-state index contributed by atoms with van der Waals surface area (Å²) in [6, 6.07) is 15.4. The SMILES string of the molecule is CCOC(=O)c1cc(-c2c[nH]c3ccccc23)nn1Cc1ccc(OC)c(OC)c1. The molecule has 0 aliphatic carbocycles. The highest BCUT2D eigenvalue weighted by Crippen LogP contribution is 2.30. The van der Waals surface area contributed by atoms with E-state index in [9.17, 15) is 4.79 Å². The molecule has 2 heterocycles. The van der Waals surface area contributed by atoms with Gasteiger partial charge in [0.1, 0.15) is 5.69 Å². The van der Waals surface area contributed by atoms with Crippen LogP contribution in [0, 0.1) is 0 Å². The van der Waals surface area contributed by atoms with Crippen LogP contribution in [0.25, 0.3) is 22.2 Å². The smallest absolute Gasteiger partial charge is 0.356 e. The Hall–Kier alpha value is -3.74. The van der Waals surface area contributed by atoms with E-state index < -0.39 is 5.97 Å². The van der Waals surface area contributed by atoms with Gasteiger partial charge in [-0.25, -0.2) is 4.79 Å². The van der Waals surface area contributed by atoms with E-state index in [1.165, 1.54) is 0 Å². The Morgan fingerprint density at radius 2 is 1.87 bits per heavy atom.